The molecule has 3 aromatic rings. The number of carbonyl (C=O) groups is 2. The standard InChI is InChI=1S/C29H33Cl2N3O5S/c1-4-5-16-32-29(36)21(2)33(19-22-8-6-9-23(30)17-22)28(35)20-34(25-11-7-10-24(31)18-25)40(37,38)27-14-12-26(39-3)13-15-27/h6-15,17-18,21H,4-5,16,19-20H2,1-3H3,(H,32,36)/t21-/m1/s1. The van der Waals surface area contributed by atoms with Crippen molar-refractivity contribution < 1.29 is 22.7 Å². The van der Waals surface area contributed by atoms with Crippen LogP contribution in [-0.4, -0.2) is 51.4 Å². The highest BCUT2D eigenvalue weighted by Crippen LogP contribution is 2.28. The third-order valence-corrected chi connectivity index (χ3v) is 8.52. The third-order valence-electron chi connectivity index (χ3n) is 6.26. The van der Waals surface area contributed by atoms with Gasteiger partial charge in [-0.15, -0.1) is 0 Å². The number of methoxy groups -OCH3 is 1. The van der Waals surface area contributed by atoms with Crippen molar-refractivity contribution in [3.05, 3.63) is 88.4 Å². The maximum atomic E-state index is 13.9. The Hall–Kier alpha value is -3.27. The number of rotatable bonds is 13. The molecule has 1 atom stereocenters. The van der Waals surface area contributed by atoms with Crippen LogP contribution < -0.4 is 14.4 Å². The van der Waals surface area contributed by atoms with Crippen molar-refractivity contribution in [2.75, 3.05) is 24.5 Å². The lowest BCUT2D eigenvalue weighted by Gasteiger charge is -2.32. The van der Waals surface area contributed by atoms with Gasteiger partial charge in [-0.05, 0) is 73.5 Å². The van der Waals surface area contributed by atoms with Crippen LogP contribution in [-0.2, 0) is 26.2 Å². The summed E-state index contributed by atoms with van der Waals surface area (Å²) in [5, 5.41) is 3.64. The van der Waals surface area contributed by atoms with Crippen molar-refractivity contribution in [3.63, 3.8) is 0 Å². The Bertz CT molecular complexity index is 1420. The molecule has 0 radical (unpaired) electrons. The van der Waals surface area contributed by atoms with E-state index in [4.69, 9.17) is 27.9 Å². The largest absolute Gasteiger partial charge is 0.497 e. The van der Waals surface area contributed by atoms with Crippen LogP contribution in [0.5, 0.6) is 5.75 Å². The molecule has 0 aliphatic carbocycles. The minimum Gasteiger partial charge on any atom is -0.497 e. The fourth-order valence-corrected chi connectivity index (χ4v) is 5.79. The van der Waals surface area contributed by atoms with Gasteiger partial charge in [0.2, 0.25) is 11.8 Å². The molecule has 0 aliphatic rings. The lowest BCUT2D eigenvalue weighted by molar-refractivity contribution is -0.139. The number of benzene rings is 3. The van der Waals surface area contributed by atoms with Crippen LogP contribution in [0.3, 0.4) is 0 Å². The number of amides is 2. The van der Waals surface area contributed by atoms with Crippen LogP contribution >= 0.6 is 23.2 Å². The minimum atomic E-state index is -4.22. The Morgan fingerprint density at radius 1 is 0.975 bits per heavy atom. The third kappa shape index (κ3) is 8.13. The maximum absolute atomic E-state index is 13.9. The van der Waals surface area contributed by atoms with Gasteiger partial charge in [-0.1, -0.05) is 54.7 Å². The van der Waals surface area contributed by atoms with Crippen LogP contribution in [0.1, 0.15) is 32.3 Å². The summed E-state index contributed by atoms with van der Waals surface area (Å²) in [5.41, 5.74) is 0.904. The molecule has 0 saturated carbocycles. The van der Waals surface area contributed by atoms with E-state index in [9.17, 15) is 18.0 Å². The first kappa shape index (κ1) is 31.3. The molecule has 3 rings (SSSR count). The average Bonchev–Trinajstić information content (AvgIpc) is 2.94. The van der Waals surface area contributed by atoms with E-state index in [0.717, 1.165) is 17.1 Å². The van der Waals surface area contributed by atoms with Gasteiger partial charge in [0, 0.05) is 23.1 Å². The first-order valence-corrected chi connectivity index (χ1v) is 15.0. The summed E-state index contributed by atoms with van der Waals surface area (Å²) in [5.74, 6) is -0.425. The predicted molar refractivity (Wildman–Crippen MR) is 158 cm³/mol. The number of ether oxygens (including phenoxy) is 1. The second kappa shape index (κ2) is 14.4. The van der Waals surface area contributed by atoms with E-state index in [1.165, 1.54) is 42.3 Å². The molecule has 0 saturated heterocycles. The molecule has 0 aliphatic heterocycles. The smallest absolute Gasteiger partial charge is 0.264 e. The van der Waals surface area contributed by atoms with E-state index < -0.39 is 28.5 Å². The van der Waals surface area contributed by atoms with Crippen LogP contribution in [0.15, 0.2) is 77.7 Å². The predicted octanol–water partition coefficient (Wildman–Crippen LogP) is 5.53. The Morgan fingerprint density at radius 3 is 2.23 bits per heavy atom. The van der Waals surface area contributed by atoms with Crippen LogP contribution in [0.4, 0.5) is 5.69 Å². The lowest BCUT2D eigenvalue weighted by Crippen LogP contribution is -2.51. The quantitative estimate of drug-likeness (QED) is 0.258. The number of carbonyl (C=O) groups excluding carboxylic acids is 2. The number of nitrogens with zero attached hydrogens (tertiary/aromatic N) is 2. The van der Waals surface area contributed by atoms with Crippen LogP contribution in [0, 0.1) is 0 Å². The maximum Gasteiger partial charge on any atom is 0.264 e. The molecule has 2 amide bonds. The lowest BCUT2D eigenvalue weighted by atomic mass is 10.1. The second-order valence-corrected chi connectivity index (χ2v) is 11.9. The number of anilines is 1. The van der Waals surface area contributed by atoms with Gasteiger partial charge >= 0.3 is 0 Å². The fourth-order valence-electron chi connectivity index (χ4n) is 3.99. The monoisotopic (exact) mass is 605 g/mol. The van der Waals surface area contributed by atoms with Gasteiger partial charge in [0.1, 0.15) is 18.3 Å². The number of hydrogen-bond donors (Lipinski definition) is 1. The van der Waals surface area contributed by atoms with E-state index in [-0.39, 0.29) is 23.0 Å². The van der Waals surface area contributed by atoms with Crippen molar-refractivity contribution in [2.24, 2.45) is 0 Å². The highest BCUT2D eigenvalue weighted by Gasteiger charge is 2.32. The second-order valence-electron chi connectivity index (χ2n) is 9.14. The van der Waals surface area contributed by atoms with Crippen molar-refractivity contribution >= 4 is 50.7 Å². The summed E-state index contributed by atoms with van der Waals surface area (Å²) < 4.78 is 33.9. The number of unbranched alkanes of at least 4 members (excludes halogenated alkanes) is 1. The van der Waals surface area contributed by atoms with Crippen LogP contribution in [0.25, 0.3) is 0 Å². The van der Waals surface area contributed by atoms with E-state index in [1.54, 1.807) is 49.4 Å². The molecule has 0 fully saturated rings. The zero-order valence-corrected chi connectivity index (χ0v) is 25.0. The van der Waals surface area contributed by atoms with Crippen molar-refractivity contribution in [2.45, 2.75) is 44.2 Å². The van der Waals surface area contributed by atoms with Gasteiger partial charge < -0.3 is 15.0 Å². The summed E-state index contributed by atoms with van der Waals surface area (Å²) in [4.78, 5) is 28.2. The molecule has 0 heterocycles. The molecule has 40 heavy (non-hydrogen) atoms. The Balaban J connectivity index is 2.00. The zero-order chi connectivity index (χ0) is 29.3. The highest BCUT2D eigenvalue weighted by molar-refractivity contribution is 7.92. The Kier molecular flexibility index (Phi) is 11.2. The van der Waals surface area contributed by atoms with Gasteiger partial charge in [-0.25, -0.2) is 8.42 Å². The number of sulfonamides is 1. The summed E-state index contributed by atoms with van der Waals surface area (Å²) >= 11 is 12.4. The van der Waals surface area contributed by atoms with Crippen molar-refractivity contribution in [1.29, 1.82) is 0 Å². The van der Waals surface area contributed by atoms with Gasteiger partial charge in [0.05, 0.1) is 17.7 Å². The SMILES string of the molecule is CCCCNC(=O)[C@@H](C)N(Cc1cccc(Cl)c1)C(=O)CN(c1cccc(Cl)c1)S(=O)(=O)c1ccc(OC)cc1. The van der Waals surface area contributed by atoms with Crippen LogP contribution in [0.2, 0.25) is 10.0 Å². The van der Waals surface area contributed by atoms with E-state index >= 15 is 0 Å². The fraction of sp³-hybridized carbons (Fsp3) is 0.310. The number of halogens is 2. The first-order chi connectivity index (χ1) is 19.1. The number of hydrogen-bond acceptors (Lipinski definition) is 5. The molecule has 0 aromatic heterocycles. The Morgan fingerprint density at radius 2 is 1.62 bits per heavy atom. The summed E-state index contributed by atoms with van der Waals surface area (Å²) in [7, 11) is -2.74. The van der Waals surface area contributed by atoms with E-state index in [0.29, 0.717) is 27.9 Å². The van der Waals surface area contributed by atoms with Gasteiger partial charge in [-0.3, -0.25) is 13.9 Å². The van der Waals surface area contributed by atoms with Gasteiger partial charge in [-0.2, -0.15) is 0 Å². The van der Waals surface area contributed by atoms with Crippen molar-refractivity contribution in [1.82, 2.24) is 10.2 Å². The van der Waals surface area contributed by atoms with Crippen molar-refractivity contribution in [3.8, 4) is 5.75 Å². The first-order valence-electron chi connectivity index (χ1n) is 12.8. The highest BCUT2D eigenvalue weighted by atomic mass is 35.5. The molecule has 0 bridgehead atoms. The summed E-state index contributed by atoms with van der Waals surface area (Å²) in [6.07, 6.45) is 1.70. The summed E-state index contributed by atoms with van der Waals surface area (Å²) in [6, 6.07) is 18.2. The van der Waals surface area contributed by atoms with Gasteiger partial charge in [0.15, 0.2) is 0 Å². The molecule has 0 spiro atoms. The van der Waals surface area contributed by atoms with Gasteiger partial charge in [0.25, 0.3) is 10.0 Å². The molecule has 8 nitrogen and oxygen atoms in total. The topological polar surface area (TPSA) is 96.0 Å². The zero-order valence-electron chi connectivity index (χ0n) is 22.6. The molecule has 1 N–H and O–H groups in total. The average molecular weight is 607 g/mol. The minimum absolute atomic E-state index is 0.0344. The normalized spacial score (nSPS) is 11.9. The molecule has 3 aromatic carbocycles. The molecule has 11 heteroatoms. The number of nitrogens with one attached hydrogen (secondary N) is 1. The Labute approximate surface area is 245 Å². The van der Waals surface area contributed by atoms with E-state index in [2.05, 4.69) is 5.32 Å². The molecule has 214 valence electrons. The van der Waals surface area contributed by atoms with E-state index in [1.807, 2.05) is 6.92 Å². The summed E-state index contributed by atoms with van der Waals surface area (Å²) in [6.45, 7) is 3.58. The molecule has 0 unspecified atom stereocenters. The molecular weight excluding hydrogens is 573 g/mol. The molecular formula is C29H33Cl2N3O5S.